The lowest BCUT2D eigenvalue weighted by Gasteiger charge is -2.27. The quantitative estimate of drug-likeness (QED) is 0.393. The van der Waals surface area contributed by atoms with Crippen molar-refractivity contribution in [3.63, 3.8) is 0 Å². The molecule has 0 saturated carbocycles. The molecule has 1 aliphatic heterocycles. The molecule has 1 fully saturated rings. The first kappa shape index (κ1) is 20.7. The number of benzene rings is 2. The molecule has 4 nitrogen and oxygen atoms in total. The molecule has 2 aromatic rings. The number of rotatable bonds is 6. The molecule has 140 valence electrons. The maximum atomic E-state index is 6.17. The van der Waals surface area contributed by atoms with E-state index in [1.165, 1.54) is 36.0 Å². The zero-order chi connectivity index (χ0) is 17.3. The van der Waals surface area contributed by atoms with Crippen molar-refractivity contribution in [1.82, 2.24) is 4.90 Å². The van der Waals surface area contributed by atoms with Gasteiger partial charge in [-0.25, -0.2) is 4.99 Å². The fourth-order valence-electron chi connectivity index (χ4n) is 3.09. The number of likely N-dealkylation sites (tertiary alicyclic amines) is 1. The smallest absolute Gasteiger partial charge is 0.191 e. The third kappa shape index (κ3) is 6.29. The summed E-state index contributed by atoms with van der Waals surface area (Å²) in [6, 6.07) is 18.5. The van der Waals surface area contributed by atoms with Crippen LogP contribution in [0.2, 0.25) is 0 Å². The molecule has 1 saturated heterocycles. The van der Waals surface area contributed by atoms with Crippen molar-refractivity contribution in [2.24, 2.45) is 10.7 Å². The van der Waals surface area contributed by atoms with Gasteiger partial charge in [0.2, 0.25) is 0 Å². The van der Waals surface area contributed by atoms with Crippen molar-refractivity contribution in [3.8, 4) is 0 Å². The van der Waals surface area contributed by atoms with E-state index in [-0.39, 0.29) is 24.0 Å². The predicted molar refractivity (Wildman–Crippen MR) is 118 cm³/mol. The number of hydrogen-bond donors (Lipinski definition) is 1. The summed E-state index contributed by atoms with van der Waals surface area (Å²) in [5.41, 5.74) is 9.71. The van der Waals surface area contributed by atoms with E-state index in [1.807, 2.05) is 30.3 Å². The van der Waals surface area contributed by atoms with Gasteiger partial charge in [0.25, 0.3) is 0 Å². The highest BCUT2D eigenvalue weighted by atomic mass is 127. The molecule has 0 spiro atoms. The first-order chi connectivity index (χ1) is 12.3. The molecule has 0 atom stereocenters. The lowest BCUT2D eigenvalue weighted by molar-refractivity contribution is 0.106. The Morgan fingerprint density at radius 3 is 2.27 bits per heavy atom. The number of aliphatic imine (C=N–C) groups is 1. The van der Waals surface area contributed by atoms with Gasteiger partial charge in [-0.1, -0.05) is 54.6 Å². The molecule has 0 aromatic heterocycles. The zero-order valence-corrected chi connectivity index (χ0v) is 17.5. The molecule has 2 N–H and O–H groups in total. The number of nitrogens with zero attached hydrogens (tertiary/aromatic N) is 2. The van der Waals surface area contributed by atoms with E-state index in [1.54, 1.807) is 0 Å². The van der Waals surface area contributed by atoms with E-state index in [2.05, 4.69) is 34.2 Å². The predicted octanol–water partition coefficient (Wildman–Crippen LogP) is 4.32. The minimum Gasteiger partial charge on any atom is -0.372 e. The fourth-order valence-corrected chi connectivity index (χ4v) is 3.09. The summed E-state index contributed by atoms with van der Waals surface area (Å²) in [6.07, 6.45) is 3.71. The SMILES string of the molecule is I.NC(=NCc1ccccc1COCc1ccccc1)N1CCCCC1. The highest BCUT2D eigenvalue weighted by Crippen LogP contribution is 2.14. The molecule has 0 amide bonds. The molecule has 1 heterocycles. The van der Waals surface area contributed by atoms with Crippen LogP contribution < -0.4 is 5.73 Å². The average Bonchev–Trinajstić information content (AvgIpc) is 2.68. The molecular weight excluding hydrogens is 437 g/mol. The van der Waals surface area contributed by atoms with Gasteiger partial charge in [-0.3, -0.25) is 0 Å². The van der Waals surface area contributed by atoms with E-state index in [4.69, 9.17) is 10.5 Å². The number of nitrogens with two attached hydrogens (primary N) is 1. The molecule has 0 aliphatic carbocycles. The number of guanidine groups is 1. The van der Waals surface area contributed by atoms with Gasteiger partial charge in [0, 0.05) is 13.1 Å². The summed E-state index contributed by atoms with van der Waals surface area (Å²) in [6.45, 7) is 3.86. The lowest BCUT2D eigenvalue weighted by Crippen LogP contribution is -2.40. The molecule has 0 bridgehead atoms. The Bertz CT molecular complexity index is 685. The van der Waals surface area contributed by atoms with Crippen LogP contribution in [-0.2, 0) is 24.5 Å². The number of ether oxygens (including phenoxy) is 1. The van der Waals surface area contributed by atoms with Crippen LogP contribution >= 0.6 is 24.0 Å². The first-order valence-corrected chi connectivity index (χ1v) is 9.06. The molecule has 0 radical (unpaired) electrons. The minimum atomic E-state index is 0. The van der Waals surface area contributed by atoms with Crippen LogP contribution in [0.4, 0.5) is 0 Å². The van der Waals surface area contributed by atoms with Crippen LogP contribution in [0.15, 0.2) is 59.6 Å². The second-order valence-corrected chi connectivity index (χ2v) is 6.47. The molecule has 26 heavy (non-hydrogen) atoms. The summed E-state index contributed by atoms with van der Waals surface area (Å²) >= 11 is 0. The van der Waals surface area contributed by atoms with Gasteiger partial charge in [-0.05, 0) is 36.0 Å². The van der Waals surface area contributed by atoms with E-state index < -0.39 is 0 Å². The Balaban J connectivity index is 0.00000243. The Morgan fingerprint density at radius 2 is 1.54 bits per heavy atom. The fraction of sp³-hybridized carbons (Fsp3) is 0.381. The van der Waals surface area contributed by atoms with Crippen LogP contribution in [0.25, 0.3) is 0 Å². The van der Waals surface area contributed by atoms with Gasteiger partial charge < -0.3 is 15.4 Å². The Hall–Kier alpha value is -1.60. The van der Waals surface area contributed by atoms with Gasteiger partial charge in [-0.15, -0.1) is 24.0 Å². The van der Waals surface area contributed by atoms with Gasteiger partial charge in [0.15, 0.2) is 5.96 Å². The van der Waals surface area contributed by atoms with Crippen molar-refractivity contribution in [2.45, 2.75) is 39.0 Å². The minimum absolute atomic E-state index is 0. The zero-order valence-electron chi connectivity index (χ0n) is 15.1. The second kappa shape index (κ2) is 11.2. The summed E-state index contributed by atoms with van der Waals surface area (Å²) in [5, 5.41) is 0. The van der Waals surface area contributed by atoms with Gasteiger partial charge in [0.05, 0.1) is 19.8 Å². The van der Waals surface area contributed by atoms with Crippen molar-refractivity contribution in [2.75, 3.05) is 13.1 Å². The van der Waals surface area contributed by atoms with E-state index in [0.717, 1.165) is 13.1 Å². The van der Waals surface area contributed by atoms with Crippen molar-refractivity contribution in [1.29, 1.82) is 0 Å². The van der Waals surface area contributed by atoms with Gasteiger partial charge in [0.1, 0.15) is 0 Å². The highest BCUT2D eigenvalue weighted by molar-refractivity contribution is 14.0. The topological polar surface area (TPSA) is 50.9 Å². The Morgan fingerprint density at radius 1 is 0.885 bits per heavy atom. The molecule has 2 aromatic carbocycles. The highest BCUT2D eigenvalue weighted by Gasteiger charge is 2.12. The van der Waals surface area contributed by atoms with Crippen LogP contribution in [-0.4, -0.2) is 23.9 Å². The van der Waals surface area contributed by atoms with E-state index in [9.17, 15) is 0 Å². The summed E-state index contributed by atoms with van der Waals surface area (Å²) in [4.78, 5) is 6.80. The van der Waals surface area contributed by atoms with Crippen LogP contribution in [0.3, 0.4) is 0 Å². The average molecular weight is 465 g/mol. The third-order valence-electron chi connectivity index (χ3n) is 4.58. The standard InChI is InChI=1S/C21H27N3O.HI/c22-21(24-13-7-2-8-14-24)23-15-19-11-5-6-12-20(19)17-25-16-18-9-3-1-4-10-18;/h1,3-6,9-12H,2,7-8,13-17H2,(H2,22,23);1H. The molecule has 0 unspecified atom stereocenters. The van der Waals surface area contributed by atoms with Gasteiger partial charge in [-0.2, -0.15) is 0 Å². The maximum absolute atomic E-state index is 6.17. The first-order valence-electron chi connectivity index (χ1n) is 9.06. The number of piperidine rings is 1. The summed E-state index contributed by atoms with van der Waals surface area (Å²) in [5.74, 6) is 0.666. The summed E-state index contributed by atoms with van der Waals surface area (Å²) < 4.78 is 5.88. The van der Waals surface area contributed by atoms with Crippen molar-refractivity contribution in [3.05, 3.63) is 71.3 Å². The normalized spacial score (nSPS) is 14.8. The van der Waals surface area contributed by atoms with Crippen LogP contribution in [0, 0.1) is 0 Å². The third-order valence-corrected chi connectivity index (χ3v) is 4.58. The summed E-state index contributed by atoms with van der Waals surface area (Å²) in [7, 11) is 0. The lowest BCUT2D eigenvalue weighted by atomic mass is 10.1. The van der Waals surface area contributed by atoms with E-state index >= 15 is 0 Å². The van der Waals surface area contributed by atoms with Crippen molar-refractivity contribution >= 4 is 29.9 Å². The Kier molecular flexibility index (Phi) is 8.91. The molecular formula is C21H28IN3O. The van der Waals surface area contributed by atoms with Crippen LogP contribution in [0.1, 0.15) is 36.0 Å². The van der Waals surface area contributed by atoms with Crippen LogP contribution in [0.5, 0.6) is 0 Å². The Labute approximate surface area is 173 Å². The largest absolute Gasteiger partial charge is 0.372 e. The number of halogens is 1. The van der Waals surface area contributed by atoms with Gasteiger partial charge >= 0.3 is 0 Å². The van der Waals surface area contributed by atoms with E-state index in [0.29, 0.717) is 25.7 Å². The number of hydrogen-bond acceptors (Lipinski definition) is 2. The van der Waals surface area contributed by atoms with Crippen molar-refractivity contribution < 1.29 is 4.74 Å². The maximum Gasteiger partial charge on any atom is 0.191 e. The molecule has 1 aliphatic rings. The second-order valence-electron chi connectivity index (χ2n) is 6.47. The molecule has 5 heteroatoms. The monoisotopic (exact) mass is 465 g/mol. The molecule has 3 rings (SSSR count).